The summed E-state index contributed by atoms with van der Waals surface area (Å²) in [4.78, 5) is 24.5. The largest absolute Gasteiger partial charge is 0.369 e. The van der Waals surface area contributed by atoms with Crippen molar-refractivity contribution in [3.05, 3.63) is 71.5 Å². The molecule has 4 atom stereocenters. The van der Waals surface area contributed by atoms with E-state index in [0.717, 1.165) is 6.07 Å². The van der Waals surface area contributed by atoms with Crippen LogP contribution in [-0.4, -0.2) is 16.9 Å². The van der Waals surface area contributed by atoms with Crippen LogP contribution < -0.4 is 11.1 Å². The van der Waals surface area contributed by atoms with Gasteiger partial charge in [0.05, 0.1) is 6.07 Å². The molecule has 1 aliphatic heterocycles. The fourth-order valence-corrected chi connectivity index (χ4v) is 3.49. The van der Waals surface area contributed by atoms with E-state index in [1.165, 1.54) is 30.3 Å². The highest BCUT2D eigenvalue weighted by Crippen LogP contribution is 2.45. The van der Waals surface area contributed by atoms with Crippen molar-refractivity contribution in [2.45, 2.75) is 11.6 Å². The second kappa shape index (κ2) is 6.58. The fourth-order valence-electron chi connectivity index (χ4n) is 3.49. The Labute approximate surface area is 149 Å². The third-order valence-corrected chi connectivity index (χ3v) is 4.69. The summed E-state index contributed by atoms with van der Waals surface area (Å²) < 4.78 is 14.4. The quantitative estimate of drug-likeness (QED) is 0.717. The number of hydrogen-bond acceptors (Lipinski definition) is 4. The minimum atomic E-state index is -2.09. The van der Waals surface area contributed by atoms with Gasteiger partial charge in [0.2, 0.25) is 11.8 Å². The number of rotatable bonds is 3. The maximum absolute atomic E-state index is 14.4. The second-order valence-electron chi connectivity index (χ2n) is 6.16. The van der Waals surface area contributed by atoms with Crippen molar-refractivity contribution in [3.8, 4) is 6.07 Å². The van der Waals surface area contributed by atoms with E-state index in [0.29, 0.717) is 0 Å². The van der Waals surface area contributed by atoms with Crippen LogP contribution >= 0.6 is 0 Å². The summed E-state index contributed by atoms with van der Waals surface area (Å²) in [6.07, 6.45) is 0. The molecule has 1 heterocycles. The highest BCUT2D eigenvalue weighted by atomic mass is 19.1. The highest BCUT2D eigenvalue weighted by Gasteiger charge is 2.56. The molecule has 0 unspecified atom stereocenters. The van der Waals surface area contributed by atoms with Gasteiger partial charge in [-0.1, -0.05) is 48.5 Å². The van der Waals surface area contributed by atoms with E-state index in [4.69, 9.17) is 5.73 Å². The number of amides is 2. The lowest BCUT2D eigenvalue weighted by molar-refractivity contribution is -0.153. The standard InChI is InChI=1S/C19H16FN3O3/c20-14-9-5-4-8-12(14)15-13(10-21)19(26,11-6-2-1-3-7-11)23-18(25)16(15)17(22)24/h1-9,13,15-16,26H,(H2,22,24)(H,23,25)/t13-,15+,16-,19-/m1/s1. The van der Waals surface area contributed by atoms with Crippen LogP contribution in [0.4, 0.5) is 4.39 Å². The van der Waals surface area contributed by atoms with E-state index in [1.807, 2.05) is 6.07 Å². The molecule has 1 saturated heterocycles. The van der Waals surface area contributed by atoms with Crippen molar-refractivity contribution < 1.29 is 19.1 Å². The van der Waals surface area contributed by atoms with E-state index < -0.39 is 41.1 Å². The number of hydrogen-bond donors (Lipinski definition) is 3. The number of halogens is 1. The lowest BCUT2D eigenvalue weighted by Crippen LogP contribution is -2.62. The Morgan fingerprint density at radius 3 is 2.38 bits per heavy atom. The molecular weight excluding hydrogens is 337 g/mol. The summed E-state index contributed by atoms with van der Waals surface area (Å²) in [7, 11) is 0. The Bertz CT molecular complexity index is 896. The molecule has 132 valence electrons. The van der Waals surface area contributed by atoms with Gasteiger partial charge >= 0.3 is 0 Å². The van der Waals surface area contributed by atoms with Crippen molar-refractivity contribution in [1.29, 1.82) is 5.26 Å². The molecule has 7 heteroatoms. The summed E-state index contributed by atoms with van der Waals surface area (Å²) >= 11 is 0. The van der Waals surface area contributed by atoms with Crippen LogP contribution in [0.3, 0.4) is 0 Å². The van der Waals surface area contributed by atoms with Crippen molar-refractivity contribution in [3.63, 3.8) is 0 Å². The van der Waals surface area contributed by atoms with E-state index in [1.54, 1.807) is 18.2 Å². The molecule has 1 aliphatic rings. The summed E-state index contributed by atoms with van der Waals surface area (Å²) in [5.74, 6) is -6.60. The molecule has 2 amide bonds. The first-order valence-corrected chi connectivity index (χ1v) is 7.93. The van der Waals surface area contributed by atoms with Gasteiger partial charge < -0.3 is 16.2 Å². The lowest BCUT2D eigenvalue weighted by atomic mass is 9.67. The minimum absolute atomic E-state index is 0.0212. The molecule has 26 heavy (non-hydrogen) atoms. The van der Waals surface area contributed by atoms with Crippen molar-refractivity contribution in [1.82, 2.24) is 5.32 Å². The van der Waals surface area contributed by atoms with Gasteiger partial charge in [-0.25, -0.2) is 4.39 Å². The highest BCUT2D eigenvalue weighted by molar-refractivity contribution is 6.01. The summed E-state index contributed by atoms with van der Waals surface area (Å²) in [6.45, 7) is 0. The third kappa shape index (κ3) is 2.70. The number of primary amides is 1. The molecule has 6 nitrogen and oxygen atoms in total. The van der Waals surface area contributed by atoms with Crippen LogP contribution in [0.1, 0.15) is 17.0 Å². The summed E-state index contributed by atoms with van der Waals surface area (Å²) in [5.41, 5.74) is 3.51. The molecular formula is C19H16FN3O3. The summed E-state index contributed by atoms with van der Waals surface area (Å²) in [5, 5.41) is 23.3. The Morgan fingerprint density at radius 2 is 1.81 bits per heavy atom. The lowest BCUT2D eigenvalue weighted by Gasteiger charge is -2.44. The van der Waals surface area contributed by atoms with Crippen LogP contribution in [0.2, 0.25) is 0 Å². The number of nitrogens with zero attached hydrogens (tertiary/aromatic N) is 1. The van der Waals surface area contributed by atoms with Gasteiger partial charge in [-0.15, -0.1) is 0 Å². The molecule has 0 spiro atoms. The monoisotopic (exact) mass is 353 g/mol. The maximum atomic E-state index is 14.4. The first-order valence-electron chi connectivity index (χ1n) is 7.93. The first kappa shape index (κ1) is 17.6. The normalized spacial score (nSPS) is 28.0. The van der Waals surface area contributed by atoms with Crippen LogP contribution in [-0.2, 0) is 15.3 Å². The van der Waals surface area contributed by atoms with Crippen LogP contribution in [0.15, 0.2) is 54.6 Å². The predicted octanol–water partition coefficient (Wildman–Crippen LogP) is 1.13. The number of nitriles is 1. The van der Waals surface area contributed by atoms with Gasteiger partial charge in [-0.3, -0.25) is 9.59 Å². The van der Waals surface area contributed by atoms with Gasteiger partial charge in [0.1, 0.15) is 17.7 Å². The van der Waals surface area contributed by atoms with Gasteiger partial charge in [0.25, 0.3) is 0 Å². The van der Waals surface area contributed by atoms with E-state index in [2.05, 4.69) is 5.32 Å². The number of carbonyl (C=O) groups excluding carboxylic acids is 2. The molecule has 2 aromatic rings. The third-order valence-electron chi connectivity index (χ3n) is 4.69. The zero-order valence-corrected chi connectivity index (χ0v) is 13.6. The van der Waals surface area contributed by atoms with Crippen molar-refractivity contribution >= 4 is 11.8 Å². The van der Waals surface area contributed by atoms with Crippen LogP contribution in [0.5, 0.6) is 0 Å². The number of piperidine rings is 1. The Morgan fingerprint density at radius 1 is 1.19 bits per heavy atom. The molecule has 4 N–H and O–H groups in total. The van der Waals surface area contributed by atoms with Gasteiger partial charge in [0, 0.05) is 11.5 Å². The van der Waals surface area contributed by atoms with Crippen molar-refractivity contribution in [2.75, 3.05) is 0 Å². The average molecular weight is 353 g/mol. The Balaban J connectivity index is 2.22. The molecule has 0 bridgehead atoms. The number of nitrogens with two attached hydrogens (primary N) is 1. The number of nitrogens with one attached hydrogen (secondary N) is 1. The number of benzene rings is 2. The first-order chi connectivity index (χ1) is 12.4. The fraction of sp³-hybridized carbons (Fsp3) is 0.211. The molecule has 0 aromatic heterocycles. The smallest absolute Gasteiger partial charge is 0.235 e. The van der Waals surface area contributed by atoms with Gasteiger partial charge in [-0.05, 0) is 11.6 Å². The number of carbonyl (C=O) groups is 2. The Kier molecular flexibility index (Phi) is 4.45. The van der Waals surface area contributed by atoms with E-state index in [9.17, 15) is 24.3 Å². The van der Waals surface area contributed by atoms with Gasteiger partial charge in [-0.2, -0.15) is 5.26 Å². The molecule has 0 saturated carbocycles. The van der Waals surface area contributed by atoms with Crippen LogP contribution in [0, 0.1) is 29.0 Å². The number of aliphatic hydroxyl groups is 1. The maximum Gasteiger partial charge on any atom is 0.235 e. The van der Waals surface area contributed by atoms with Crippen LogP contribution in [0.25, 0.3) is 0 Å². The molecule has 0 radical (unpaired) electrons. The average Bonchev–Trinajstić information content (AvgIpc) is 2.62. The predicted molar refractivity (Wildman–Crippen MR) is 89.4 cm³/mol. The second-order valence-corrected chi connectivity index (χ2v) is 6.16. The molecule has 1 fully saturated rings. The SMILES string of the molecule is N#C[C@@H]1[C@H](c2ccccc2F)[C@H](C(N)=O)C(=O)N[C@@]1(O)c1ccccc1. The molecule has 0 aliphatic carbocycles. The Hall–Kier alpha value is -3.24. The van der Waals surface area contributed by atoms with Crippen molar-refractivity contribution in [2.24, 2.45) is 17.6 Å². The van der Waals surface area contributed by atoms with E-state index in [-0.39, 0.29) is 11.1 Å². The minimum Gasteiger partial charge on any atom is -0.369 e. The van der Waals surface area contributed by atoms with Gasteiger partial charge in [0.15, 0.2) is 5.72 Å². The molecule has 3 rings (SSSR count). The molecule has 2 aromatic carbocycles. The zero-order valence-electron chi connectivity index (χ0n) is 13.6. The topological polar surface area (TPSA) is 116 Å². The summed E-state index contributed by atoms with van der Waals surface area (Å²) in [6, 6.07) is 15.5. The van der Waals surface area contributed by atoms with E-state index >= 15 is 0 Å². The zero-order chi connectivity index (χ0) is 18.9.